The van der Waals surface area contributed by atoms with Gasteiger partial charge in [0, 0.05) is 6.54 Å². The van der Waals surface area contributed by atoms with Crippen molar-refractivity contribution in [1.29, 1.82) is 0 Å². The van der Waals surface area contributed by atoms with E-state index in [4.69, 9.17) is 9.47 Å². The highest BCUT2D eigenvalue weighted by Crippen LogP contribution is 2.28. The fourth-order valence-corrected chi connectivity index (χ4v) is 2.35. The summed E-state index contributed by atoms with van der Waals surface area (Å²) in [6.07, 6.45) is 2.18. The Balaban J connectivity index is 2.36. The molecule has 0 bridgehead atoms. The number of rotatable bonds is 12. The summed E-state index contributed by atoms with van der Waals surface area (Å²) in [5.41, 5.74) is 1.23. The summed E-state index contributed by atoms with van der Waals surface area (Å²) in [4.78, 5) is 2.45. The molecular weight excluding hydrogens is 276 g/mol. The molecule has 0 unspecified atom stereocenters. The van der Waals surface area contributed by atoms with Gasteiger partial charge in [-0.3, -0.25) is 0 Å². The van der Waals surface area contributed by atoms with Gasteiger partial charge in [-0.15, -0.1) is 0 Å². The van der Waals surface area contributed by atoms with Crippen molar-refractivity contribution in [3.8, 4) is 11.5 Å². The Morgan fingerprint density at radius 1 is 1.09 bits per heavy atom. The Bertz CT molecular complexity index is 406. The van der Waals surface area contributed by atoms with Gasteiger partial charge in [0.1, 0.15) is 0 Å². The topological polar surface area (TPSA) is 33.7 Å². The van der Waals surface area contributed by atoms with Crippen LogP contribution in [0, 0.1) is 0 Å². The second-order valence-electron chi connectivity index (χ2n) is 5.39. The Labute approximate surface area is 135 Å². The third kappa shape index (κ3) is 6.67. The SMILES string of the molecule is CCCOc1ccc(CNCCCN(CC)CC)cc1OC. The van der Waals surface area contributed by atoms with E-state index in [1.54, 1.807) is 7.11 Å². The number of nitrogens with zero attached hydrogens (tertiary/aromatic N) is 1. The van der Waals surface area contributed by atoms with Gasteiger partial charge in [0.2, 0.25) is 0 Å². The molecule has 1 rings (SSSR count). The summed E-state index contributed by atoms with van der Waals surface area (Å²) in [6, 6.07) is 6.16. The molecular formula is C18H32N2O2. The number of ether oxygens (including phenoxy) is 2. The number of hydrogen-bond acceptors (Lipinski definition) is 4. The first-order chi connectivity index (χ1) is 10.7. The van der Waals surface area contributed by atoms with Crippen molar-refractivity contribution in [1.82, 2.24) is 10.2 Å². The van der Waals surface area contributed by atoms with Crippen molar-refractivity contribution in [2.24, 2.45) is 0 Å². The van der Waals surface area contributed by atoms with Gasteiger partial charge in [-0.25, -0.2) is 0 Å². The average molecular weight is 308 g/mol. The maximum absolute atomic E-state index is 5.68. The van der Waals surface area contributed by atoms with Gasteiger partial charge in [-0.05, 0) is 56.7 Å². The van der Waals surface area contributed by atoms with Crippen LogP contribution in [0.1, 0.15) is 39.2 Å². The largest absolute Gasteiger partial charge is 0.493 e. The van der Waals surface area contributed by atoms with E-state index < -0.39 is 0 Å². The smallest absolute Gasteiger partial charge is 0.161 e. The van der Waals surface area contributed by atoms with Crippen LogP contribution in [-0.2, 0) is 6.54 Å². The average Bonchev–Trinajstić information content (AvgIpc) is 2.56. The van der Waals surface area contributed by atoms with Crippen molar-refractivity contribution in [2.45, 2.75) is 40.2 Å². The fraction of sp³-hybridized carbons (Fsp3) is 0.667. The molecule has 0 saturated heterocycles. The minimum absolute atomic E-state index is 0.722. The Hall–Kier alpha value is -1.26. The van der Waals surface area contributed by atoms with Crippen LogP contribution in [0.4, 0.5) is 0 Å². The van der Waals surface area contributed by atoms with Gasteiger partial charge >= 0.3 is 0 Å². The van der Waals surface area contributed by atoms with Crippen LogP contribution >= 0.6 is 0 Å². The van der Waals surface area contributed by atoms with Crippen molar-refractivity contribution in [2.75, 3.05) is 39.9 Å². The molecule has 0 saturated carbocycles. The zero-order valence-corrected chi connectivity index (χ0v) is 14.7. The van der Waals surface area contributed by atoms with Crippen molar-refractivity contribution >= 4 is 0 Å². The molecule has 4 heteroatoms. The number of methoxy groups -OCH3 is 1. The quantitative estimate of drug-likeness (QED) is 0.601. The molecule has 1 aromatic carbocycles. The predicted molar refractivity (Wildman–Crippen MR) is 92.9 cm³/mol. The molecule has 4 nitrogen and oxygen atoms in total. The first-order valence-corrected chi connectivity index (χ1v) is 8.47. The maximum atomic E-state index is 5.68. The van der Waals surface area contributed by atoms with Gasteiger partial charge in [0.15, 0.2) is 11.5 Å². The molecule has 126 valence electrons. The van der Waals surface area contributed by atoms with Crippen molar-refractivity contribution in [3.63, 3.8) is 0 Å². The second-order valence-corrected chi connectivity index (χ2v) is 5.39. The monoisotopic (exact) mass is 308 g/mol. The minimum atomic E-state index is 0.722. The van der Waals surface area contributed by atoms with Crippen LogP contribution < -0.4 is 14.8 Å². The lowest BCUT2D eigenvalue weighted by molar-refractivity contribution is 0.294. The maximum Gasteiger partial charge on any atom is 0.161 e. The number of nitrogens with one attached hydrogen (secondary N) is 1. The van der Waals surface area contributed by atoms with Gasteiger partial charge in [0.25, 0.3) is 0 Å². The highest BCUT2D eigenvalue weighted by atomic mass is 16.5. The zero-order valence-electron chi connectivity index (χ0n) is 14.7. The van der Waals surface area contributed by atoms with Crippen molar-refractivity contribution in [3.05, 3.63) is 23.8 Å². The van der Waals surface area contributed by atoms with Crippen LogP contribution in [0.2, 0.25) is 0 Å². The van der Waals surface area contributed by atoms with Crippen LogP contribution in [0.15, 0.2) is 18.2 Å². The second kappa shape index (κ2) is 11.3. The van der Waals surface area contributed by atoms with E-state index in [0.29, 0.717) is 0 Å². The molecule has 0 spiro atoms. The van der Waals surface area contributed by atoms with E-state index in [1.807, 2.05) is 6.07 Å². The third-order valence-corrected chi connectivity index (χ3v) is 3.74. The summed E-state index contributed by atoms with van der Waals surface area (Å²) in [7, 11) is 1.69. The molecule has 0 aliphatic rings. The summed E-state index contributed by atoms with van der Waals surface area (Å²) in [5.74, 6) is 1.64. The van der Waals surface area contributed by atoms with Crippen LogP contribution in [0.25, 0.3) is 0 Å². The lowest BCUT2D eigenvalue weighted by Crippen LogP contribution is -2.27. The number of benzene rings is 1. The van der Waals surface area contributed by atoms with Gasteiger partial charge in [-0.2, -0.15) is 0 Å². The molecule has 0 amide bonds. The highest BCUT2D eigenvalue weighted by molar-refractivity contribution is 5.42. The van der Waals surface area contributed by atoms with Gasteiger partial charge in [0.05, 0.1) is 13.7 Å². The van der Waals surface area contributed by atoms with E-state index in [0.717, 1.165) is 57.3 Å². The van der Waals surface area contributed by atoms with Gasteiger partial charge < -0.3 is 19.7 Å². The van der Waals surface area contributed by atoms with Crippen LogP contribution in [0.3, 0.4) is 0 Å². The van der Waals surface area contributed by atoms with Crippen LogP contribution in [0.5, 0.6) is 11.5 Å². The molecule has 22 heavy (non-hydrogen) atoms. The summed E-state index contributed by atoms with van der Waals surface area (Å²) < 4.78 is 11.1. The van der Waals surface area contributed by atoms with Crippen molar-refractivity contribution < 1.29 is 9.47 Å². The van der Waals surface area contributed by atoms with E-state index >= 15 is 0 Å². The molecule has 1 aromatic rings. The lowest BCUT2D eigenvalue weighted by atomic mass is 10.2. The van der Waals surface area contributed by atoms with E-state index in [2.05, 4.69) is 43.1 Å². The molecule has 0 fully saturated rings. The first kappa shape index (κ1) is 18.8. The van der Waals surface area contributed by atoms with E-state index in [9.17, 15) is 0 Å². The molecule has 0 aliphatic carbocycles. The number of hydrogen-bond donors (Lipinski definition) is 1. The molecule has 0 atom stereocenters. The minimum Gasteiger partial charge on any atom is -0.493 e. The fourth-order valence-electron chi connectivity index (χ4n) is 2.35. The summed E-state index contributed by atoms with van der Waals surface area (Å²) in [6.45, 7) is 12.6. The molecule has 0 radical (unpaired) electrons. The standard InChI is InChI=1S/C18H32N2O2/c1-5-13-22-17-10-9-16(14-18(17)21-4)15-19-11-8-12-20(6-2)7-3/h9-10,14,19H,5-8,11-13,15H2,1-4H3. The van der Waals surface area contributed by atoms with Crippen LogP contribution in [-0.4, -0.2) is 44.8 Å². The molecule has 0 aromatic heterocycles. The summed E-state index contributed by atoms with van der Waals surface area (Å²) >= 11 is 0. The molecule has 0 heterocycles. The normalized spacial score (nSPS) is 11.0. The van der Waals surface area contributed by atoms with Gasteiger partial charge in [-0.1, -0.05) is 26.8 Å². The predicted octanol–water partition coefficient (Wildman–Crippen LogP) is 3.31. The Morgan fingerprint density at radius 2 is 1.86 bits per heavy atom. The lowest BCUT2D eigenvalue weighted by Gasteiger charge is -2.17. The Kier molecular flexibility index (Phi) is 9.67. The Morgan fingerprint density at radius 3 is 2.50 bits per heavy atom. The third-order valence-electron chi connectivity index (χ3n) is 3.74. The first-order valence-electron chi connectivity index (χ1n) is 8.47. The molecule has 1 N–H and O–H groups in total. The highest BCUT2D eigenvalue weighted by Gasteiger charge is 2.05. The molecule has 0 aliphatic heterocycles. The summed E-state index contributed by atoms with van der Waals surface area (Å²) in [5, 5.41) is 3.50. The van der Waals surface area contributed by atoms with E-state index in [-0.39, 0.29) is 0 Å². The zero-order chi connectivity index (χ0) is 16.2. The van der Waals surface area contributed by atoms with E-state index in [1.165, 1.54) is 12.0 Å².